The van der Waals surface area contributed by atoms with Crippen molar-refractivity contribution in [2.45, 2.75) is 32.4 Å². The molecule has 1 N–H and O–H groups in total. The van der Waals surface area contributed by atoms with Gasteiger partial charge in [-0.05, 0) is 37.8 Å². The predicted octanol–water partition coefficient (Wildman–Crippen LogP) is 2.59. The van der Waals surface area contributed by atoms with Crippen LogP contribution in [0.25, 0.3) is 0 Å². The third kappa shape index (κ3) is 2.59. The van der Waals surface area contributed by atoms with Crippen LogP contribution in [0.2, 0.25) is 0 Å². The maximum absolute atomic E-state index is 13.5. The third-order valence-electron chi connectivity index (χ3n) is 3.13. The molecule has 0 radical (unpaired) electrons. The van der Waals surface area contributed by atoms with Gasteiger partial charge in [0.2, 0.25) is 0 Å². The summed E-state index contributed by atoms with van der Waals surface area (Å²) in [4.78, 5) is 0. The van der Waals surface area contributed by atoms with Gasteiger partial charge in [-0.25, -0.2) is 4.39 Å². The van der Waals surface area contributed by atoms with E-state index in [1.807, 2.05) is 6.07 Å². The summed E-state index contributed by atoms with van der Waals surface area (Å²) < 4.78 is 13.5. The summed E-state index contributed by atoms with van der Waals surface area (Å²) in [5.41, 5.74) is 1.00. The summed E-state index contributed by atoms with van der Waals surface area (Å²) in [5, 5.41) is 11.9. The van der Waals surface area contributed by atoms with E-state index in [9.17, 15) is 4.39 Å². The number of rotatable bonds is 4. The van der Waals surface area contributed by atoms with Gasteiger partial charge < -0.3 is 5.32 Å². The lowest BCUT2D eigenvalue weighted by Gasteiger charge is -2.12. The van der Waals surface area contributed by atoms with Gasteiger partial charge in [0.25, 0.3) is 0 Å². The number of nitrogens with zero attached hydrogens (tertiary/aromatic N) is 1. The van der Waals surface area contributed by atoms with E-state index in [2.05, 4.69) is 12.2 Å². The van der Waals surface area contributed by atoms with Gasteiger partial charge in [-0.2, -0.15) is 5.26 Å². The Kier molecular flexibility index (Phi) is 3.21. The highest BCUT2D eigenvalue weighted by Crippen LogP contribution is 2.32. The molecule has 0 saturated heterocycles. The molecule has 1 atom stereocenters. The average molecular weight is 218 g/mol. The monoisotopic (exact) mass is 218 g/mol. The number of halogens is 1. The van der Waals surface area contributed by atoms with Crippen LogP contribution >= 0.6 is 0 Å². The number of benzene rings is 1. The number of nitriles is 1. The first-order valence-electron chi connectivity index (χ1n) is 5.62. The quantitative estimate of drug-likeness (QED) is 0.843. The molecule has 1 saturated carbocycles. The lowest BCUT2D eigenvalue weighted by Crippen LogP contribution is -2.27. The summed E-state index contributed by atoms with van der Waals surface area (Å²) >= 11 is 0. The van der Waals surface area contributed by atoms with Crippen LogP contribution in [0.15, 0.2) is 18.2 Å². The maximum Gasteiger partial charge on any atom is 0.129 e. The van der Waals surface area contributed by atoms with E-state index >= 15 is 0 Å². The Balaban J connectivity index is 1.96. The van der Waals surface area contributed by atoms with Crippen LogP contribution in [0.1, 0.15) is 30.9 Å². The fourth-order valence-electron chi connectivity index (χ4n) is 1.79. The second-order valence-electron chi connectivity index (χ2n) is 4.42. The molecular formula is C13H15FN2. The summed E-state index contributed by atoms with van der Waals surface area (Å²) in [6.45, 7) is 2.68. The minimum atomic E-state index is -0.297. The SMILES string of the molecule is CC(NCc1ccc(C#N)cc1F)C1CC1. The maximum atomic E-state index is 13.5. The van der Waals surface area contributed by atoms with Crippen LogP contribution in [-0.2, 0) is 6.54 Å². The van der Waals surface area contributed by atoms with Crippen molar-refractivity contribution < 1.29 is 4.39 Å². The average Bonchev–Trinajstić information content (AvgIpc) is 3.10. The van der Waals surface area contributed by atoms with E-state index in [0.29, 0.717) is 23.7 Å². The molecule has 0 amide bonds. The van der Waals surface area contributed by atoms with E-state index in [1.165, 1.54) is 18.9 Å². The molecule has 1 aliphatic carbocycles. The lowest BCUT2D eigenvalue weighted by molar-refractivity contribution is 0.485. The van der Waals surface area contributed by atoms with E-state index in [-0.39, 0.29) is 5.82 Å². The highest BCUT2D eigenvalue weighted by Gasteiger charge is 2.27. The second kappa shape index (κ2) is 4.63. The molecule has 1 aromatic carbocycles. The molecule has 2 nitrogen and oxygen atoms in total. The van der Waals surface area contributed by atoms with E-state index < -0.39 is 0 Å². The van der Waals surface area contributed by atoms with Crippen molar-refractivity contribution in [3.63, 3.8) is 0 Å². The molecule has 1 fully saturated rings. The van der Waals surface area contributed by atoms with Crippen molar-refractivity contribution in [1.29, 1.82) is 5.26 Å². The summed E-state index contributed by atoms with van der Waals surface area (Å²) in [5.74, 6) is 0.469. The molecule has 2 rings (SSSR count). The van der Waals surface area contributed by atoms with Crippen molar-refractivity contribution in [3.8, 4) is 6.07 Å². The Bertz CT molecular complexity index is 418. The zero-order valence-electron chi connectivity index (χ0n) is 9.33. The predicted molar refractivity (Wildman–Crippen MR) is 60.1 cm³/mol. The Morgan fingerprint density at radius 2 is 2.31 bits per heavy atom. The van der Waals surface area contributed by atoms with Gasteiger partial charge >= 0.3 is 0 Å². The highest BCUT2D eigenvalue weighted by atomic mass is 19.1. The van der Waals surface area contributed by atoms with Crippen LogP contribution in [0.4, 0.5) is 4.39 Å². The first-order valence-corrected chi connectivity index (χ1v) is 5.62. The van der Waals surface area contributed by atoms with Gasteiger partial charge in [-0.15, -0.1) is 0 Å². The summed E-state index contributed by atoms with van der Waals surface area (Å²) in [6.07, 6.45) is 2.56. The van der Waals surface area contributed by atoms with Crippen LogP contribution in [0.3, 0.4) is 0 Å². The first-order chi connectivity index (χ1) is 7.70. The number of nitrogens with one attached hydrogen (secondary N) is 1. The molecule has 0 aliphatic heterocycles. The lowest BCUT2D eigenvalue weighted by atomic mass is 10.1. The first kappa shape index (κ1) is 11.1. The molecule has 16 heavy (non-hydrogen) atoms. The Labute approximate surface area is 95.1 Å². The molecule has 1 aromatic rings. The van der Waals surface area contributed by atoms with Crippen LogP contribution in [0, 0.1) is 23.1 Å². The van der Waals surface area contributed by atoms with E-state index in [0.717, 1.165) is 5.92 Å². The fraction of sp³-hybridized carbons (Fsp3) is 0.462. The molecule has 0 spiro atoms. The Morgan fingerprint density at radius 1 is 1.56 bits per heavy atom. The Hall–Kier alpha value is -1.40. The summed E-state index contributed by atoms with van der Waals surface area (Å²) in [6, 6.07) is 7.01. The zero-order chi connectivity index (χ0) is 11.5. The minimum absolute atomic E-state index is 0.297. The fourth-order valence-corrected chi connectivity index (χ4v) is 1.79. The summed E-state index contributed by atoms with van der Waals surface area (Å²) in [7, 11) is 0. The zero-order valence-corrected chi connectivity index (χ0v) is 9.33. The molecule has 1 unspecified atom stereocenters. The van der Waals surface area contributed by atoms with Crippen molar-refractivity contribution >= 4 is 0 Å². The van der Waals surface area contributed by atoms with Crippen LogP contribution in [-0.4, -0.2) is 6.04 Å². The normalized spacial score (nSPS) is 16.8. The van der Waals surface area contributed by atoms with Gasteiger partial charge in [-0.3, -0.25) is 0 Å². The smallest absolute Gasteiger partial charge is 0.129 e. The molecule has 1 aliphatic rings. The molecule has 84 valence electrons. The standard InChI is InChI=1S/C13H15FN2/c1-9(11-4-5-11)16-8-12-3-2-10(7-15)6-13(12)14/h2-3,6,9,11,16H,4-5,8H2,1H3. The van der Waals surface area contributed by atoms with E-state index in [1.54, 1.807) is 12.1 Å². The van der Waals surface area contributed by atoms with Crippen molar-refractivity contribution in [2.75, 3.05) is 0 Å². The van der Waals surface area contributed by atoms with Gasteiger partial charge in [0, 0.05) is 18.2 Å². The van der Waals surface area contributed by atoms with Crippen molar-refractivity contribution in [3.05, 3.63) is 35.1 Å². The van der Waals surface area contributed by atoms with Crippen molar-refractivity contribution in [2.24, 2.45) is 5.92 Å². The molecule has 0 bridgehead atoms. The molecular weight excluding hydrogens is 203 g/mol. The largest absolute Gasteiger partial charge is 0.310 e. The molecule has 3 heteroatoms. The number of hydrogen-bond donors (Lipinski definition) is 1. The van der Waals surface area contributed by atoms with Crippen LogP contribution < -0.4 is 5.32 Å². The van der Waals surface area contributed by atoms with Gasteiger partial charge in [0.05, 0.1) is 11.6 Å². The Morgan fingerprint density at radius 3 is 2.88 bits per heavy atom. The van der Waals surface area contributed by atoms with Crippen LogP contribution in [0.5, 0.6) is 0 Å². The van der Waals surface area contributed by atoms with Gasteiger partial charge in [0.1, 0.15) is 5.82 Å². The number of hydrogen-bond acceptors (Lipinski definition) is 2. The van der Waals surface area contributed by atoms with Crippen molar-refractivity contribution in [1.82, 2.24) is 5.32 Å². The van der Waals surface area contributed by atoms with Gasteiger partial charge in [0.15, 0.2) is 0 Å². The van der Waals surface area contributed by atoms with E-state index in [4.69, 9.17) is 5.26 Å². The van der Waals surface area contributed by atoms with Gasteiger partial charge in [-0.1, -0.05) is 6.07 Å². The molecule has 0 heterocycles. The minimum Gasteiger partial charge on any atom is -0.310 e. The topological polar surface area (TPSA) is 35.8 Å². The molecule has 0 aromatic heterocycles. The second-order valence-corrected chi connectivity index (χ2v) is 4.42. The third-order valence-corrected chi connectivity index (χ3v) is 3.13. The highest BCUT2D eigenvalue weighted by molar-refractivity contribution is 5.32.